The SMILES string of the molecule is COc1cc2nccc(Oc3cc4ccccc4nc3-c3ccccn3)c2cc1OC. The highest BCUT2D eigenvalue weighted by molar-refractivity contribution is 5.89. The third-order valence-electron chi connectivity index (χ3n) is 5.02. The molecular formula is C25H19N3O3. The standard InChI is InChI=1S/C25H19N3O3/c1-29-22-14-17-20(15-23(22)30-2)27-12-10-21(17)31-24-13-16-7-3-4-8-18(16)28-25(24)19-9-5-6-11-26-19/h3-15H,1-2H3. The number of aromatic nitrogens is 3. The van der Waals surface area contributed by atoms with Crippen LogP contribution in [0, 0.1) is 0 Å². The summed E-state index contributed by atoms with van der Waals surface area (Å²) in [4.78, 5) is 13.8. The normalized spacial score (nSPS) is 10.9. The summed E-state index contributed by atoms with van der Waals surface area (Å²) in [6, 6.07) is 21.2. The fourth-order valence-corrected chi connectivity index (χ4v) is 3.52. The van der Waals surface area contributed by atoms with E-state index in [1.807, 2.05) is 66.7 Å². The van der Waals surface area contributed by atoms with Crippen LogP contribution in [0.15, 0.2) is 79.1 Å². The lowest BCUT2D eigenvalue weighted by Crippen LogP contribution is -1.96. The molecule has 152 valence electrons. The zero-order valence-corrected chi connectivity index (χ0v) is 17.1. The molecule has 3 aromatic heterocycles. The molecular weight excluding hydrogens is 390 g/mol. The summed E-state index contributed by atoms with van der Waals surface area (Å²) < 4.78 is 17.3. The molecule has 6 nitrogen and oxygen atoms in total. The first-order chi connectivity index (χ1) is 15.3. The monoisotopic (exact) mass is 409 g/mol. The average molecular weight is 409 g/mol. The second kappa shape index (κ2) is 7.91. The average Bonchev–Trinajstić information content (AvgIpc) is 2.83. The molecule has 0 N–H and O–H groups in total. The van der Waals surface area contributed by atoms with Gasteiger partial charge in [0, 0.05) is 29.2 Å². The number of rotatable bonds is 5. The van der Waals surface area contributed by atoms with Crippen molar-refractivity contribution in [2.75, 3.05) is 14.2 Å². The van der Waals surface area contributed by atoms with Crippen molar-refractivity contribution in [1.29, 1.82) is 0 Å². The van der Waals surface area contributed by atoms with E-state index in [9.17, 15) is 0 Å². The summed E-state index contributed by atoms with van der Waals surface area (Å²) >= 11 is 0. The Labute approximate surface area is 179 Å². The van der Waals surface area contributed by atoms with E-state index >= 15 is 0 Å². The molecule has 0 spiro atoms. The van der Waals surface area contributed by atoms with Crippen LogP contribution in [0.2, 0.25) is 0 Å². The minimum atomic E-state index is 0.606. The fraction of sp³-hybridized carbons (Fsp3) is 0.0800. The topological polar surface area (TPSA) is 66.4 Å². The maximum Gasteiger partial charge on any atom is 0.162 e. The highest BCUT2D eigenvalue weighted by Crippen LogP contribution is 2.39. The molecule has 31 heavy (non-hydrogen) atoms. The minimum Gasteiger partial charge on any atom is -0.493 e. The number of fused-ring (bicyclic) bond motifs is 2. The molecule has 0 atom stereocenters. The van der Waals surface area contributed by atoms with Crippen LogP contribution in [-0.4, -0.2) is 29.2 Å². The largest absolute Gasteiger partial charge is 0.493 e. The Morgan fingerprint density at radius 3 is 2.26 bits per heavy atom. The lowest BCUT2D eigenvalue weighted by atomic mass is 10.1. The van der Waals surface area contributed by atoms with E-state index in [1.165, 1.54) is 0 Å². The van der Waals surface area contributed by atoms with Crippen molar-refractivity contribution < 1.29 is 14.2 Å². The van der Waals surface area contributed by atoms with Gasteiger partial charge >= 0.3 is 0 Å². The van der Waals surface area contributed by atoms with Crippen molar-refractivity contribution in [2.45, 2.75) is 0 Å². The number of ether oxygens (including phenoxy) is 3. The van der Waals surface area contributed by atoms with Crippen LogP contribution in [0.1, 0.15) is 0 Å². The van der Waals surface area contributed by atoms with Crippen LogP contribution in [0.3, 0.4) is 0 Å². The van der Waals surface area contributed by atoms with Gasteiger partial charge in [-0.25, -0.2) is 4.98 Å². The van der Waals surface area contributed by atoms with E-state index < -0.39 is 0 Å². The third-order valence-corrected chi connectivity index (χ3v) is 5.02. The van der Waals surface area contributed by atoms with Crippen LogP contribution in [0.5, 0.6) is 23.0 Å². The van der Waals surface area contributed by atoms with Gasteiger partial charge in [0.05, 0.1) is 30.9 Å². The summed E-state index contributed by atoms with van der Waals surface area (Å²) in [5.41, 5.74) is 3.02. The number of hydrogen-bond donors (Lipinski definition) is 0. The predicted molar refractivity (Wildman–Crippen MR) is 120 cm³/mol. The zero-order valence-electron chi connectivity index (χ0n) is 17.1. The Balaban J connectivity index is 1.69. The van der Waals surface area contributed by atoms with Crippen LogP contribution < -0.4 is 14.2 Å². The Hall–Kier alpha value is -4.19. The number of para-hydroxylation sites is 1. The molecule has 0 unspecified atom stereocenters. The first-order valence-corrected chi connectivity index (χ1v) is 9.76. The van der Waals surface area contributed by atoms with Gasteiger partial charge in [-0.1, -0.05) is 24.3 Å². The van der Waals surface area contributed by atoms with Crippen molar-refractivity contribution in [2.24, 2.45) is 0 Å². The van der Waals surface area contributed by atoms with Gasteiger partial charge in [0.2, 0.25) is 0 Å². The maximum absolute atomic E-state index is 6.42. The third kappa shape index (κ3) is 3.48. The summed E-state index contributed by atoms with van der Waals surface area (Å²) in [5, 5.41) is 1.79. The van der Waals surface area contributed by atoms with Crippen molar-refractivity contribution >= 4 is 21.8 Å². The minimum absolute atomic E-state index is 0.606. The van der Waals surface area contributed by atoms with Gasteiger partial charge in [0.1, 0.15) is 11.4 Å². The van der Waals surface area contributed by atoms with Gasteiger partial charge in [-0.2, -0.15) is 0 Å². The van der Waals surface area contributed by atoms with Gasteiger partial charge in [-0.15, -0.1) is 0 Å². The highest BCUT2D eigenvalue weighted by Gasteiger charge is 2.16. The molecule has 0 aliphatic rings. The number of methoxy groups -OCH3 is 2. The maximum atomic E-state index is 6.42. The molecule has 2 aromatic carbocycles. The molecule has 6 heteroatoms. The van der Waals surface area contributed by atoms with Gasteiger partial charge in [0.15, 0.2) is 17.2 Å². The van der Waals surface area contributed by atoms with Crippen molar-refractivity contribution in [3.05, 3.63) is 79.1 Å². The van der Waals surface area contributed by atoms with E-state index in [0.717, 1.165) is 27.5 Å². The Morgan fingerprint density at radius 1 is 0.645 bits per heavy atom. The number of hydrogen-bond acceptors (Lipinski definition) is 6. The quantitative estimate of drug-likeness (QED) is 0.373. The van der Waals surface area contributed by atoms with Crippen LogP contribution in [0.4, 0.5) is 0 Å². The number of pyridine rings is 3. The molecule has 0 saturated carbocycles. The smallest absolute Gasteiger partial charge is 0.162 e. The summed E-state index contributed by atoms with van der Waals surface area (Å²) in [6.07, 6.45) is 3.45. The Morgan fingerprint density at radius 2 is 1.45 bits per heavy atom. The van der Waals surface area contributed by atoms with E-state index in [0.29, 0.717) is 28.7 Å². The van der Waals surface area contributed by atoms with Crippen molar-refractivity contribution in [3.8, 4) is 34.4 Å². The van der Waals surface area contributed by atoms with Crippen LogP contribution in [-0.2, 0) is 0 Å². The molecule has 3 heterocycles. The van der Waals surface area contributed by atoms with Crippen LogP contribution >= 0.6 is 0 Å². The Kier molecular flexibility index (Phi) is 4.80. The zero-order chi connectivity index (χ0) is 21.2. The molecule has 0 saturated heterocycles. The molecule has 0 radical (unpaired) electrons. The molecule has 0 aliphatic carbocycles. The lowest BCUT2D eigenvalue weighted by molar-refractivity contribution is 0.355. The van der Waals surface area contributed by atoms with Crippen molar-refractivity contribution in [3.63, 3.8) is 0 Å². The lowest BCUT2D eigenvalue weighted by Gasteiger charge is -2.14. The molecule has 0 bridgehead atoms. The van der Waals surface area contributed by atoms with Gasteiger partial charge in [-0.05, 0) is 36.4 Å². The number of benzene rings is 2. The van der Waals surface area contributed by atoms with Gasteiger partial charge < -0.3 is 14.2 Å². The van der Waals surface area contributed by atoms with Gasteiger partial charge in [0.25, 0.3) is 0 Å². The van der Waals surface area contributed by atoms with Gasteiger partial charge in [-0.3, -0.25) is 9.97 Å². The van der Waals surface area contributed by atoms with Crippen LogP contribution in [0.25, 0.3) is 33.2 Å². The molecule has 0 aliphatic heterocycles. The predicted octanol–water partition coefficient (Wildman–Crippen LogP) is 5.65. The second-order valence-electron chi connectivity index (χ2n) is 6.88. The summed E-state index contributed by atoms with van der Waals surface area (Å²) in [6.45, 7) is 0. The Bertz CT molecular complexity index is 1390. The first-order valence-electron chi connectivity index (χ1n) is 9.76. The fourth-order valence-electron chi connectivity index (χ4n) is 3.52. The summed E-state index contributed by atoms with van der Waals surface area (Å²) in [7, 11) is 3.21. The van der Waals surface area contributed by atoms with E-state index in [2.05, 4.69) is 9.97 Å². The van der Waals surface area contributed by atoms with E-state index in [1.54, 1.807) is 26.6 Å². The van der Waals surface area contributed by atoms with E-state index in [-0.39, 0.29) is 0 Å². The number of nitrogens with zero attached hydrogens (tertiary/aromatic N) is 3. The summed E-state index contributed by atoms with van der Waals surface area (Å²) in [5.74, 6) is 2.47. The molecule has 5 aromatic rings. The van der Waals surface area contributed by atoms with E-state index in [4.69, 9.17) is 19.2 Å². The first kappa shape index (κ1) is 18.8. The molecule has 0 fully saturated rings. The highest BCUT2D eigenvalue weighted by atomic mass is 16.5. The molecule has 5 rings (SSSR count). The molecule has 0 amide bonds. The second-order valence-corrected chi connectivity index (χ2v) is 6.88. The van der Waals surface area contributed by atoms with Crippen molar-refractivity contribution in [1.82, 2.24) is 15.0 Å².